The minimum absolute atomic E-state index is 0.0848. The zero-order valence-electron chi connectivity index (χ0n) is 10.6. The van der Waals surface area contributed by atoms with Crippen LogP contribution in [0, 0.1) is 0 Å². The topological polar surface area (TPSA) is 69.6 Å². The second kappa shape index (κ2) is 5.97. The van der Waals surface area contributed by atoms with Crippen molar-refractivity contribution in [2.75, 3.05) is 6.54 Å². The van der Waals surface area contributed by atoms with Gasteiger partial charge in [-0.05, 0) is 62.1 Å². The molecule has 0 spiro atoms. The van der Waals surface area contributed by atoms with Crippen molar-refractivity contribution in [2.24, 2.45) is 0 Å². The van der Waals surface area contributed by atoms with Crippen molar-refractivity contribution in [2.45, 2.75) is 13.3 Å². The summed E-state index contributed by atoms with van der Waals surface area (Å²) in [5, 5.41) is 12.2. The molecule has 1 aromatic carbocycles. The van der Waals surface area contributed by atoms with Gasteiger partial charge in [0.25, 0.3) is 5.91 Å². The number of carbonyl (C=O) groups excluding carboxylic acids is 2. The van der Waals surface area contributed by atoms with Gasteiger partial charge >= 0.3 is 6.03 Å². The van der Waals surface area contributed by atoms with Crippen LogP contribution in [0.25, 0.3) is 6.08 Å². The van der Waals surface area contributed by atoms with Gasteiger partial charge in [0.05, 0.1) is 8.95 Å². The quantitative estimate of drug-likeness (QED) is 0.601. The lowest BCUT2D eigenvalue weighted by molar-refractivity contribution is -0.122. The van der Waals surface area contributed by atoms with Crippen LogP contribution in [0.1, 0.15) is 18.9 Å². The number of nitrogens with zero attached hydrogens (tertiary/aromatic N) is 1. The van der Waals surface area contributed by atoms with Crippen LogP contribution in [-0.2, 0) is 4.79 Å². The largest absolute Gasteiger partial charge is 0.506 e. The van der Waals surface area contributed by atoms with Crippen LogP contribution in [0.15, 0.2) is 26.8 Å². The first-order valence-electron chi connectivity index (χ1n) is 5.96. The summed E-state index contributed by atoms with van der Waals surface area (Å²) in [6, 6.07) is 2.92. The second-order valence-electron chi connectivity index (χ2n) is 4.28. The SMILES string of the molecule is CCCN1C(=O)N/C(=C/c2cc(Br)c(O)c(Br)c2)C1=O. The van der Waals surface area contributed by atoms with Gasteiger partial charge in [-0.2, -0.15) is 0 Å². The van der Waals surface area contributed by atoms with E-state index in [-0.39, 0.29) is 17.4 Å². The number of benzene rings is 1. The number of carbonyl (C=O) groups is 2. The van der Waals surface area contributed by atoms with Crippen molar-refractivity contribution in [3.63, 3.8) is 0 Å². The van der Waals surface area contributed by atoms with E-state index in [0.29, 0.717) is 27.5 Å². The standard InChI is InChI=1S/C13H12Br2N2O3/c1-2-3-17-12(19)10(16-13(17)20)6-7-4-8(14)11(18)9(15)5-7/h4-6,18H,2-3H2,1H3,(H,16,20)/b10-6+. The van der Waals surface area contributed by atoms with Crippen molar-refractivity contribution >= 4 is 49.9 Å². The lowest BCUT2D eigenvalue weighted by atomic mass is 10.2. The Hall–Kier alpha value is -1.34. The van der Waals surface area contributed by atoms with Gasteiger partial charge in [0, 0.05) is 6.54 Å². The van der Waals surface area contributed by atoms with Gasteiger partial charge in [-0.1, -0.05) is 6.92 Å². The maximum Gasteiger partial charge on any atom is 0.329 e. The zero-order valence-corrected chi connectivity index (χ0v) is 13.8. The fourth-order valence-corrected chi connectivity index (χ4v) is 3.06. The summed E-state index contributed by atoms with van der Waals surface area (Å²) in [4.78, 5) is 24.9. The Bertz CT molecular complexity index is 591. The Balaban J connectivity index is 2.33. The molecule has 1 saturated heterocycles. The maximum absolute atomic E-state index is 12.0. The van der Waals surface area contributed by atoms with Gasteiger partial charge in [-0.25, -0.2) is 4.79 Å². The third-order valence-electron chi connectivity index (χ3n) is 2.76. The summed E-state index contributed by atoms with van der Waals surface area (Å²) < 4.78 is 1.00. The van der Waals surface area contributed by atoms with Gasteiger partial charge in [0.2, 0.25) is 0 Å². The predicted octanol–water partition coefficient (Wildman–Crippen LogP) is 3.22. The van der Waals surface area contributed by atoms with E-state index in [4.69, 9.17) is 0 Å². The molecule has 3 amide bonds. The molecule has 1 aliphatic rings. The number of hydrogen-bond acceptors (Lipinski definition) is 3. The fourth-order valence-electron chi connectivity index (χ4n) is 1.83. The van der Waals surface area contributed by atoms with Crippen molar-refractivity contribution in [1.29, 1.82) is 0 Å². The van der Waals surface area contributed by atoms with Gasteiger partial charge in [0.15, 0.2) is 0 Å². The van der Waals surface area contributed by atoms with Gasteiger partial charge in [0.1, 0.15) is 11.4 Å². The summed E-state index contributed by atoms with van der Waals surface area (Å²) in [6.45, 7) is 2.29. The van der Waals surface area contributed by atoms with Crippen LogP contribution in [0.5, 0.6) is 5.75 Å². The molecule has 2 rings (SSSR count). The van der Waals surface area contributed by atoms with Crippen LogP contribution < -0.4 is 5.32 Å². The second-order valence-corrected chi connectivity index (χ2v) is 5.99. The number of amides is 3. The van der Waals surface area contributed by atoms with Crippen molar-refractivity contribution in [3.05, 3.63) is 32.3 Å². The minimum Gasteiger partial charge on any atom is -0.506 e. The number of imide groups is 1. The van der Waals surface area contributed by atoms with Crippen LogP contribution in [0.2, 0.25) is 0 Å². The number of nitrogens with one attached hydrogen (secondary N) is 1. The molecule has 0 aromatic heterocycles. The molecule has 1 fully saturated rings. The van der Waals surface area contributed by atoms with Crippen LogP contribution in [-0.4, -0.2) is 28.5 Å². The summed E-state index contributed by atoms with van der Waals surface area (Å²) in [5.41, 5.74) is 0.913. The molecule has 0 radical (unpaired) electrons. The number of aromatic hydroxyl groups is 1. The summed E-state index contributed by atoms with van der Waals surface area (Å²) >= 11 is 6.44. The van der Waals surface area contributed by atoms with Gasteiger partial charge in [-0.3, -0.25) is 9.69 Å². The Morgan fingerprint density at radius 2 is 1.90 bits per heavy atom. The minimum atomic E-state index is -0.403. The van der Waals surface area contributed by atoms with Crippen LogP contribution >= 0.6 is 31.9 Å². The Kier molecular flexibility index (Phi) is 4.49. The first-order valence-corrected chi connectivity index (χ1v) is 7.55. The summed E-state index contributed by atoms with van der Waals surface area (Å²) in [7, 11) is 0. The average Bonchev–Trinajstić information content (AvgIpc) is 2.64. The molecule has 0 unspecified atom stereocenters. The first-order chi connectivity index (χ1) is 9.43. The highest BCUT2D eigenvalue weighted by Crippen LogP contribution is 2.34. The normalized spacial score (nSPS) is 16.9. The fraction of sp³-hybridized carbons (Fsp3) is 0.231. The van der Waals surface area contributed by atoms with E-state index < -0.39 is 6.03 Å². The molecule has 5 nitrogen and oxygen atoms in total. The maximum atomic E-state index is 12.0. The molecule has 0 aliphatic carbocycles. The van der Waals surface area contributed by atoms with E-state index >= 15 is 0 Å². The van der Waals surface area contributed by atoms with Crippen LogP contribution in [0.3, 0.4) is 0 Å². The van der Waals surface area contributed by atoms with Gasteiger partial charge < -0.3 is 10.4 Å². The molecule has 2 N–H and O–H groups in total. The lowest BCUT2D eigenvalue weighted by Gasteiger charge is -2.08. The van der Waals surface area contributed by atoms with E-state index in [1.54, 1.807) is 18.2 Å². The molecule has 20 heavy (non-hydrogen) atoms. The molecule has 106 valence electrons. The molecule has 1 heterocycles. The molecule has 1 aliphatic heterocycles. The highest BCUT2D eigenvalue weighted by atomic mass is 79.9. The van der Waals surface area contributed by atoms with Crippen LogP contribution in [0.4, 0.5) is 4.79 Å². The predicted molar refractivity (Wildman–Crippen MR) is 82.0 cm³/mol. The highest BCUT2D eigenvalue weighted by molar-refractivity contribution is 9.11. The monoisotopic (exact) mass is 402 g/mol. The number of phenols is 1. The van der Waals surface area contributed by atoms with Crippen molar-refractivity contribution < 1.29 is 14.7 Å². The van der Waals surface area contributed by atoms with E-state index in [1.807, 2.05) is 6.92 Å². The lowest BCUT2D eigenvalue weighted by Crippen LogP contribution is -2.31. The number of urea groups is 1. The van der Waals surface area contributed by atoms with E-state index in [2.05, 4.69) is 37.2 Å². The molecular formula is C13H12Br2N2O3. The summed E-state index contributed by atoms with van der Waals surface area (Å²) in [6.07, 6.45) is 2.29. The Labute approximate surface area is 132 Å². The Morgan fingerprint density at radius 3 is 2.45 bits per heavy atom. The third kappa shape index (κ3) is 2.88. The number of halogens is 2. The number of hydrogen-bond donors (Lipinski definition) is 2. The molecule has 7 heteroatoms. The molecular weight excluding hydrogens is 392 g/mol. The van der Waals surface area contributed by atoms with Gasteiger partial charge in [-0.15, -0.1) is 0 Å². The first kappa shape index (κ1) is 15.1. The highest BCUT2D eigenvalue weighted by Gasteiger charge is 2.32. The molecule has 1 aromatic rings. The molecule has 0 bridgehead atoms. The molecule has 0 atom stereocenters. The average molecular weight is 404 g/mol. The van der Waals surface area contributed by atoms with E-state index in [1.165, 1.54) is 4.90 Å². The zero-order chi connectivity index (χ0) is 14.9. The third-order valence-corrected chi connectivity index (χ3v) is 3.97. The molecule has 0 saturated carbocycles. The smallest absolute Gasteiger partial charge is 0.329 e. The van der Waals surface area contributed by atoms with Crippen molar-refractivity contribution in [1.82, 2.24) is 10.2 Å². The van der Waals surface area contributed by atoms with E-state index in [0.717, 1.165) is 0 Å². The summed E-state index contributed by atoms with van der Waals surface area (Å²) in [5.74, 6) is -0.251. The van der Waals surface area contributed by atoms with E-state index in [9.17, 15) is 14.7 Å². The number of rotatable bonds is 3. The van der Waals surface area contributed by atoms with Crippen molar-refractivity contribution in [3.8, 4) is 5.75 Å². The number of phenolic OH excluding ortho intramolecular Hbond substituents is 1. The Morgan fingerprint density at radius 1 is 1.30 bits per heavy atom.